The number of anilines is 1. The summed E-state index contributed by atoms with van der Waals surface area (Å²) in [5.41, 5.74) is -0.187. The maximum atomic E-state index is 13.1. The molecule has 0 radical (unpaired) electrons. The first-order valence-electron chi connectivity index (χ1n) is 3.91. The lowest BCUT2D eigenvalue weighted by atomic mass is 10.2. The third kappa shape index (κ3) is 1.30. The van der Waals surface area contributed by atoms with E-state index >= 15 is 0 Å². The van der Waals surface area contributed by atoms with E-state index in [4.69, 9.17) is 0 Å². The molecule has 76 valence electrons. The summed E-state index contributed by atoms with van der Waals surface area (Å²) >= 11 is 0. The molecule has 0 aliphatic carbocycles. The molecule has 1 heterocycles. The van der Waals surface area contributed by atoms with Crippen LogP contribution >= 0.6 is 0 Å². The Morgan fingerprint density at radius 1 is 1.29 bits per heavy atom. The van der Waals surface area contributed by atoms with Crippen molar-refractivity contribution in [3.63, 3.8) is 0 Å². The quantitative estimate of drug-likeness (QED) is 0.675. The van der Waals surface area contributed by atoms with Gasteiger partial charge in [0.25, 0.3) is 0 Å². The monoisotopic (exact) mass is 221 g/mol. The molecule has 0 aromatic heterocycles. The van der Waals surface area contributed by atoms with Crippen LogP contribution in [0.15, 0.2) is 11.0 Å². The van der Waals surface area contributed by atoms with E-state index in [0.717, 1.165) is 0 Å². The van der Waals surface area contributed by atoms with Gasteiger partial charge in [-0.05, 0) is 0 Å². The summed E-state index contributed by atoms with van der Waals surface area (Å²) in [6.07, 6.45) is 0. The van der Waals surface area contributed by atoms with E-state index in [1.165, 1.54) is 0 Å². The first-order chi connectivity index (χ1) is 6.61. The van der Waals surface area contributed by atoms with Gasteiger partial charge in [0.2, 0.25) is 0 Å². The van der Waals surface area contributed by atoms with Crippen LogP contribution in [0.5, 0.6) is 0 Å². The molecule has 1 atom stereocenters. The van der Waals surface area contributed by atoms with Crippen molar-refractivity contribution in [3.8, 4) is 0 Å². The Morgan fingerprint density at radius 2 is 2.00 bits per heavy atom. The van der Waals surface area contributed by atoms with Crippen LogP contribution in [-0.2, 0) is 10.8 Å². The number of benzene rings is 1. The first kappa shape index (κ1) is 9.51. The van der Waals surface area contributed by atoms with Gasteiger partial charge in [0.15, 0.2) is 17.5 Å². The summed E-state index contributed by atoms with van der Waals surface area (Å²) in [4.78, 5) is -0.395. The average molecular weight is 221 g/mol. The predicted octanol–water partition coefficient (Wildman–Crippen LogP) is 1.64. The molecule has 0 saturated carbocycles. The molecule has 1 unspecified atom stereocenters. The molecule has 1 aliphatic heterocycles. The van der Waals surface area contributed by atoms with E-state index < -0.39 is 33.1 Å². The highest BCUT2D eigenvalue weighted by atomic mass is 32.2. The SMILES string of the molecule is O=S1CCNc2c(F)cc(F)c(F)c21. The van der Waals surface area contributed by atoms with E-state index in [9.17, 15) is 17.4 Å². The van der Waals surface area contributed by atoms with Crippen molar-refractivity contribution in [1.82, 2.24) is 0 Å². The summed E-state index contributed by atoms with van der Waals surface area (Å²) in [7, 11) is -1.66. The van der Waals surface area contributed by atoms with Gasteiger partial charge in [0.1, 0.15) is 4.90 Å². The highest BCUT2D eigenvalue weighted by Crippen LogP contribution is 2.30. The van der Waals surface area contributed by atoms with Crippen LogP contribution in [0.3, 0.4) is 0 Å². The molecule has 0 saturated heterocycles. The molecule has 1 aromatic rings. The van der Waals surface area contributed by atoms with Gasteiger partial charge in [-0.3, -0.25) is 4.21 Å². The van der Waals surface area contributed by atoms with E-state index in [0.29, 0.717) is 12.6 Å². The Labute approximate surface area is 80.6 Å². The number of hydrogen-bond donors (Lipinski definition) is 1. The fourth-order valence-corrected chi connectivity index (χ4v) is 2.51. The van der Waals surface area contributed by atoms with Crippen LogP contribution in [0, 0.1) is 17.5 Å². The minimum Gasteiger partial charge on any atom is -0.381 e. The summed E-state index contributed by atoms with van der Waals surface area (Å²) in [5, 5.41) is 2.55. The molecule has 0 spiro atoms. The highest BCUT2D eigenvalue weighted by Gasteiger charge is 2.26. The van der Waals surface area contributed by atoms with Gasteiger partial charge >= 0.3 is 0 Å². The maximum absolute atomic E-state index is 13.1. The zero-order valence-corrected chi connectivity index (χ0v) is 7.76. The zero-order valence-electron chi connectivity index (χ0n) is 6.94. The van der Waals surface area contributed by atoms with Gasteiger partial charge < -0.3 is 5.32 Å². The Balaban J connectivity index is 2.73. The number of halogens is 3. The number of rotatable bonds is 0. The van der Waals surface area contributed by atoms with Gasteiger partial charge in [0.05, 0.1) is 16.5 Å². The van der Waals surface area contributed by atoms with Crippen molar-refractivity contribution in [1.29, 1.82) is 0 Å². The molecule has 14 heavy (non-hydrogen) atoms. The van der Waals surface area contributed by atoms with E-state index in [1.54, 1.807) is 0 Å². The topological polar surface area (TPSA) is 29.1 Å². The standard InChI is InChI=1S/C8H6F3NOS/c9-4-3-5(10)7-8(6(4)11)14(13)2-1-12-7/h3,12H,1-2H2. The Hall–Kier alpha value is -1.04. The second-order valence-corrected chi connectivity index (χ2v) is 4.34. The molecule has 1 aromatic carbocycles. The molecular weight excluding hydrogens is 215 g/mol. The molecule has 2 rings (SSSR count). The third-order valence-corrected chi connectivity index (χ3v) is 3.36. The summed E-state index contributed by atoms with van der Waals surface area (Å²) in [6.45, 7) is 0.293. The second kappa shape index (κ2) is 3.27. The normalized spacial score (nSPS) is 20.1. The van der Waals surface area contributed by atoms with Crippen LogP contribution in [0.2, 0.25) is 0 Å². The van der Waals surface area contributed by atoms with Crippen LogP contribution in [0.25, 0.3) is 0 Å². The van der Waals surface area contributed by atoms with Crippen LogP contribution in [-0.4, -0.2) is 16.5 Å². The van der Waals surface area contributed by atoms with Crippen molar-refractivity contribution < 1.29 is 17.4 Å². The minimum atomic E-state index is -1.66. The van der Waals surface area contributed by atoms with Gasteiger partial charge in [-0.1, -0.05) is 0 Å². The molecule has 0 fully saturated rings. The summed E-state index contributed by atoms with van der Waals surface area (Å²) in [6, 6.07) is 0.448. The van der Waals surface area contributed by atoms with Crippen molar-refractivity contribution in [2.45, 2.75) is 4.90 Å². The van der Waals surface area contributed by atoms with E-state index in [1.807, 2.05) is 0 Å². The van der Waals surface area contributed by atoms with Gasteiger partial charge in [0, 0.05) is 18.4 Å². The van der Waals surface area contributed by atoms with Crippen molar-refractivity contribution in [2.24, 2.45) is 0 Å². The number of nitrogens with one attached hydrogen (secondary N) is 1. The van der Waals surface area contributed by atoms with Gasteiger partial charge in [-0.2, -0.15) is 0 Å². The molecule has 1 N–H and O–H groups in total. The fourth-order valence-electron chi connectivity index (χ4n) is 1.32. The molecule has 2 nitrogen and oxygen atoms in total. The van der Waals surface area contributed by atoms with Gasteiger partial charge in [-0.25, -0.2) is 13.2 Å². The predicted molar refractivity (Wildman–Crippen MR) is 46.1 cm³/mol. The third-order valence-electron chi connectivity index (χ3n) is 1.95. The minimum absolute atomic E-state index is 0.160. The summed E-state index contributed by atoms with van der Waals surface area (Å²) < 4.78 is 50.3. The lowest BCUT2D eigenvalue weighted by Gasteiger charge is -2.18. The fraction of sp³-hybridized carbons (Fsp3) is 0.250. The van der Waals surface area contributed by atoms with Crippen LogP contribution in [0.1, 0.15) is 0 Å². The molecular formula is C8H6F3NOS. The zero-order chi connectivity index (χ0) is 10.3. The lowest BCUT2D eigenvalue weighted by molar-refractivity contribution is 0.476. The lowest BCUT2D eigenvalue weighted by Crippen LogP contribution is -2.21. The van der Waals surface area contributed by atoms with Gasteiger partial charge in [-0.15, -0.1) is 0 Å². The molecule has 1 aliphatic rings. The molecule has 6 heteroatoms. The van der Waals surface area contributed by atoms with E-state index in [2.05, 4.69) is 5.32 Å². The van der Waals surface area contributed by atoms with Crippen molar-refractivity contribution >= 4 is 16.5 Å². The average Bonchev–Trinajstić information content (AvgIpc) is 2.14. The van der Waals surface area contributed by atoms with Crippen LogP contribution < -0.4 is 5.32 Å². The largest absolute Gasteiger partial charge is 0.381 e. The van der Waals surface area contributed by atoms with Crippen molar-refractivity contribution in [3.05, 3.63) is 23.5 Å². The number of hydrogen-bond acceptors (Lipinski definition) is 2. The smallest absolute Gasteiger partial charge is 0.177 e. The Bertz CT molecular complexity index is 422. The van der Waals surface area contributed by atoms with Crippen molar-refractivity contribution in [2.75, 3.05) is 17.6 Å². The first-order valence-corrected chi connectivity index (χ1v) is 5.23. The molecule has 0 amide bonds. The maximum Gasteiger partial charge on any atom is 0.177 e. The Morgan fingerprint density at radius 3 is 2.71 bits per heavy atom. The van der Waals surface area contributed by atoms with Crippen LogP contribution in [0.4, 0.5) is 18.9 Å². The van der Waals surface area contributed by atoms with E-state index in [-0.39, 0.29) is 11.4 Å². The molecule has 0 bridgehead atoms. The highest BCUT2D eigenvalue weighted by molar-refractivity contribution is 7.85. The summed E-state index contributed by atoms with van der Waals surface area (Å²) in [5.74, 6) is -3.29. The Kier molecular flexibility index (Phi) is 2.22. The number of fused-ring (bicyclic) bond motifs is 1. The second-order valence-electron chi connectivity index (χ2n) is 2.83.